The van der Waals surface area contributed by atoms with Crippen LogP contribution in [-0.4, -0.2) is 26.8 Å². The predicted octanol–water partition coefficient (Wildman–Crippen LogP) is 0.882. The summed E-state index contributed by atoms with van der Waals surface area (Å²) in [7, 11) is 1.31. The summed E-state index contributed by atoms with van der Waals surface area (Å²) >= 11 is 0. The molecule has 0 saturated carbocycles. The minimum Gasteiger partial charge on any atom is -0.353 e. The van der Waals surface area contributed by atoms with Crippen LogP contribution in [0.1, 0.15) is 12.6 Å². The molecule has 4 heteroatoms. The Morgan fingerprint density at radius 2 is 2.36 bits per heavy atom. The molecule has 3 nitrogen and oxygen atoms in total. The number of nitrogens with zero attached hydrogens (tertiary/aromatic N) is 1. The van der Waals surface area contributed by atoms with Crippen molar-refractivity contribution in [2.45, 2.75) is 19.5 Å². The van der Waals surface area contributed by atoms with Crippen molar-refractivity contribution >= 4 is 10.8 Å². The first kappa shape index (κ1) is 11.5. The van der Waals surface area contributed by atoms with E-state index >= 15 is 0 Å². The molecule has 0 radical (unpaired) electrons. The molecule has 0 saturated heterocycles. The van der Waals surface area contributed by atoms with Crippen LogP contribution in [0.15, 0.2) is 18.3 Å². The Morgan fingerprint density at radius 3 is 2.86 bits per heavy atom. The summed E-state index contributed by atoms with van der Waals surface area (Å²) in [4.78, 5) is 0. The van der Waals surface area contributed by atoms with Gasteiger partial charge in [-0.15, -0.1) is 0 Å². The number of nitrogens with one attached hydrogen (secondary N) is 1. The van der Waals surface area contributed by atoms with E-state index in [9.17, 15) is 4.21 Å². The van der Waals surface area contributed by atoms with Crippen LogP contribution in [0, 0.1) is 0 Å². The van der Waals surface area contributed by atoms with E-state index in [1.165, 1.54) is 5.69 Å². The van der Waals surface area contributed by atoms with E-state index in [0.717, 1.165) is 6.54 Å². The lowest BCUT2D eigenvalue weighted by Gasteiger charge is -2.12. The van der Waals surface area contributed by atoms with Gasteiger partial charge in [0.25, 0.3) is 0 Å². The first-order valence-electron chi connectivity index (χ1n) is 4.73. The maximum absolute atomic E-state index is 10.9. The van der Waals surface area contributed by atoms with Crippen LogP contribution >= 0.6 is 0 Å². The van der Waals surface area contributed by atoms with Crippen molar-refractivity contribution in [2.24, 2.45) is 7.05 Å². The van der Waals surface area contributed by atoms with E-state index in [1.807, 2.05) is 19.3 Å². The van der Waals surface area contributed by atoms with Crippen LogP contribution in [0.4, 0.5) is 0 Å². The minimum absolute atomic E-state index is 0.302. The van der Waals surface area contributed by atoms with E-state index in [2.05, 4.69) is 22.9 Å². The molecule has 2 atom stereocenters. The zero-order valence-corrected chi connectivity index (χ0v) is 9.80. The third-order valence-electron chi connectivity index (χ3n) is 2.17. The monoisotopic (exact) mass is 214 g/mol. The molecule has 1 rings (SSSR count). The summed E-state index contributed by atoms with van der Waals surface area (Å²) < 4.78 is 13.0. The van der Waals surface area contributed by atoms with Crippen molar-refractivity contribution in [3.8, 4) is 0 Å². The van der Waals surface area contributed by atoms with Crippen LogP contribution in [0.25, 0.3) is 0 Å². The van der Waals surface area contributed by atoms with Gasteiger partial charge in [0.15, 0.2) is 0 Å². The Kier molecular flexibility index (Phi) is 4.35. The van der Waals surface area contributed by atoms with E-state index in [1.54, 1.807) is 6.26 Å². The second kappa shape index (κ2) is 5.32. The topological polar surface area (TPSA) is 34.0 Å². The number of aromatic nitrogens is 1. The normalized spacial score (nSPS) is 15.4. The summed E-state index contributed by atoms with van der Waals surface area (Å²) in [5.74, 6) is 0.713. The molecule has 1 aromatic heterocycles. The van der Waals surface area contributed by atoms with E-state index in [-0.39, 0.29) is 0 Å². The first-order valence-corrected chi connectivity index (χ1v) is 6.46. The van der Waals surface area contributed by atoms with Gasteiger partial charge in [-0.1, -0.05) is 0 Å². The van der Waals surface area contributed by atoms with Crippen molar-refractivity contribution in [1.29, 1.82) is 0 Å². The lowest BCUT2D eigenvalue weighted by molar-refractivity contribution is 0.570. The molecule has 1 aromatic rings. The number of aryl methyl sites for hydroxylation is 1. The molecule has 80 valence electrons. The Labute approximate surface area is 88.0 Å². The van der Waals surface area contributed by atoms with E-state index in [0.29, 0.717) is 11.8 Å². The zero-order valence-electron chi connectivity index (χ0n) is 8.99. The Hall–Kier alpha value is -0.610. The third-order valence-corrected chi connectivity index (χ3v) is 3.14. The maximum atomic E-state index is 10.9. The number of hydrogen-bond acceptors (Lipinski definition) is 2. The molecule has 0 aliphatic carbocycles. The molecule has 0 amide bonds. The van der Waals surface area contributed by atoms with Crippen LogP contribution in [0.5, 0.6) is 0 Å². The molecule has 1 heterocycles. The molecule has 0 aromatic carbocycles. The van der Waals surface area contributed by atoms with Gasteiger partial charge in [0.1, 0.15) is 0 Å². The number of hydrogen-bond donors (Lipinski definition) is 1. The molecule has 0 aliphatic rings. The Morgan fingerprint density at radius 1 is 1.64 bits per heavy atom. The minimum atomic E-state index is -0.719. The fraction of sp³-hybridized carbons (Fsp3) is 0.600. The van der Waals surface area contributed by atoms with Crippen molar-refractivity contribution in [1.82, 2.24) is 9.88 Å². The summed E-state index contributed by atoms with van der Waals surface area (Å²) in [5, 5.41) is 3.34. The summed E-state index contributed by atoms with van der Waals surface area (Å²) in [6.45, 7) is 2.90. The van der Waals surface area contributed by atoms with Crippen molar-refractivity contribution < 1.29 is 4.21 Å². The second-order valence-corrected chi connectivity index (χ2v) is 5.11. The van der Waals surface area contributed by atoms with Gasteiger partial charge in [-0.3, -0.25) is 4.21 Å². The van der Waals surface area contributed by atoms with Gasteiger partial charge in [-0.25, -0.2) is 0 Å². The van der Waals surface area contributed by atoms with Crippen LogP contribution in [-0.2, 0) is 24.4 Å². The lowest BCUT2D eigenvalue weighted by Crippen LogP contribution is -2.31. The van der Waals surface area contributed by atoms with Gasteiger partial charge in [-0.05, 0) is 19.1 Å². The second-order valence-electron chi connectivity index (χ2n) is 3.63. The molecule has 1 N–H and O–H groups in total. The van der Waals surface area contributed by atoms with E-state index < -0.39 is 10.8 Å². The Balaban J connectivity index is 2.34. The fourth-order valence-electron chi connectivity index (χ4n) is 1.37. The molecule has 0 bridgehead atoms. The highest BCUT2D eigenvalue weighted by Crippen LogP contribution is 1.99. The molecule has 0 fully saturated rings. The van der Waals surface area contributed by atoms with Crippen LogP contribution in [0.2, 0.25) is 0 Å². The first-order chi connectivity index (χ1) is 6.59. The third kappa shape index (κ3) is 3.64. The van der Waals surface area contributed by atoms with Gasteiger partial charge >= 0.3 is 0 Å². The number of rotatable bonds is 5. The smallest absolute Gasteiger partial charge is 0.0383 e. The highest BCUT2D eigenvalue weighted by molar-refractivity contribution is 7.84. The summed E-state index contributed by atoms with van der Waals surface area (Å²) in [6, 6.07) is 4.41. The molecule has 0 aliphatic heterocycles. The average molecular weight is 214 g/mol. The molecule has 14 heavy (non-hydrogen) atoms. The van der Waals surface area contributed by atoms with Crippen molar-refractivity contribution in [2.75, 3.05) is 12.0 Å². The predicted molar refractivity (Wildman–Crippen MR) is 60.6 cm³/mol. The van der Waals surface area contributed by atoms with Gasteiger partial charge in [0.05, 0.1) is 0 Å². The standard InChI is InChI=1S/C10H18N2OS/c1-9(8-14(3)13)11-7-10-5-4-6-12(10)2/h4-6,9,11H,7-8H2,1-3H3. The van der Waals surface area contributed by atoms with Gasteiger partial charge < -0.3 is 9.88 Å². The average Bonchev–Trinajstić information content (AvgIpc) is 2.46. The van der Waals surface area contributed by atoms with E-state index in [4.69, 9.17) is 0 Å². The van der Waals surface area contributed by atoms with Crippen LogP contribution < -0.4 is 5.32 Å². The highest BCUT2D eigenvalue weighted by atomic mass is 32.2. The van der Waals surface area contributed by atoms with Gasteiger partial charge in [-0.2, -0.15) is 0 Å². The molecule has 2 unspecified atom stereocenters. The highest BCUT2D eigenvalue weighted by Gasteiger charge is 2.04. The van der Waals surface area contributed by atoms with Crippen LogP contribution in [0.3, 0.4) is 0 Å². The zero-order chi connectivity index (χ0) is 10.6. The molecule has 0 spiro atoms. The maximum Gasteiger partial charge on any atom is 0.0383 e. The molecular weight excluding hydrogens is 196 g/mol. The van der Waals surface area contributed by atoms with Crippen molar-refractivity contribution in [3.63, 3.8) is 0 Å². The van der Waals surface area contributed by atoms with Gasteiger partial charge in [0.2, 0.25) is 0 Å². The molecular formula is C10H18N2OS. The SMILES string of the molecule is CC(CS(C)=O)NCc1cccn1C. The quantitative estimate of drug-likeness (QED) is 0.789. The fourth-order valence-corrected chi connectivity index (χ4v) is 2.19. The summed E-state index contributed by atoms with van der Waals surface area (Å²) in [6.07, 6.45) is 3.76. The van der Waals surface area contributed by atoms with Gasteiger partial charge in [0, 0.05) is 54.3 Å². The lowest BCUT2D eigenvalue weighted by atomic mass is 10.3. The summed E-state index contributed by atoms with van der Waals surface area (Å²) in [5.41, 5.74) is 1.25. The largest absolute Gasteiger partial charge is 0.353 e. The Bertz CT molecular complexity index is 309. The van der Waals surface area contributed by atoms with Crippen molar-refractivity contribution in [3.05, 3.63) is 24.0 Å².